The predicted octanol–water partition coefficient (Wildman–Crippen LogP) is 4.62. The molecular weight excluding hydrogens is 378 g/mol. The molecule has 0 fully saturated rings. The van der Waals surface area contributed by atoms with Crippen molar-refractivity contribution in [2.75, 3.05) is 24.9 Å². The molecule has 0 aliphatic heterocycles. The van der Waals surface area contributed by atoms with Crippen LogP contribution >= 0.6 is 11.6 Å². The fraction of sp³-hybridized carbons (Fsp3) is 0.143. The number of anilines is 2. The standard InChI is InChI=1S/C21H20ClN3O3/c1-27-18-8-4-3-6-14(18)13-24-20-16(7-5-11-23-20)21(26)25-17-12-15(22)9-10-19(17)28-2/h3-12H,13H2,1-2H3,(H,23,24)(H,25,26). The minimum Gasteiger partial charge on any atom is -0.496 e. The fourth-order valence-corrected chi connectivity index (χ4v) is 2.90. The molecule has 6 nitrogen and oxygen atoms in total. The number of hydrogen-bond donors (Lipinski definition) is 2. The summed E-state index contributed by atoms with van der Waals surface area (Å²) < 4.78 is 10.6. The molecule has 0 atom stereocenters. The van der Waals surface area contributed by atoms with Crippen molar-refractivity contribution in [2.45, 2.75) is 6.54 Å². The monoisotopic (exact) mass is 397 g/mol. The molecule has 28 heavy (non-hydrogen) atoms. The van der Waals surface area contributed by atoms with Gasteiger partial charge in [-0.15, -0.1) is 0 Å². The summed E-state index contributed by atoms with van der Waals surface area (Å²) in [7, 11) is 3.15. The largest absolute Gasteiger partial charge is 0.496 e. The van der Waals surface area contributed by atoms with Gasteiger partial charge in [0.2, 0.25) is 0 Å². The topological polar surface area (TPSA) is 72.5 Å². The van der Waals surface area contributed by atoms with Crippen LogP contribution in [0.1, 0.15) is 15.9 Å². The summed E-state index contributed by atoms with van der Waals surface area (Å²) in [6, 6.07) is 16.1. The Hall–Kier alpha value is -3.25. The number of amides is 1. The summed E-state index contributed by atoms with van der Waals surface area (Å²) in [6.07, 6.45) is 1.63. The number of ether oxygens (including phenoxy) is 2. The van der Waals surface area contributed by atoms with Crippen LogP contribution in [0.4, 0.5) is 11.5 Å². The van der Waals surface area contributed by atoms with E-state index in [0.29, 0.717) is 34.4 Å². The summed E-state index contributed by atoms with van der Waals surface area (Å²) in [6.45, 7) is 0.460. The molecule has 0 spiro atoms. The molecule has 1 aromatic heterocycles. The molecule has 7 heteroatoms. The number of nitrogens with zero attached hydrogens (tertiary/aromatic N) is 1. The third-order valence-electron chi connectivity index (χ3n) is 4.10. The van der Waals surface area contributed by atoms with Gasteiger partial charge in [-0.3, -0.25) is 4.79 Å². The van der Waals surface area contributed by atoms with Crippen molar-refractivity contribution >= 4 is 29.0 Å². The van der Waals surface area contributed by atoms with Crippen molar-refractivity contribution in [3.63, 3.8) is 0 Å². The van der Waals surface area contributed by atoms with E-state index in [1.54, 1.807) is 43.6 Å². The Labute approximate surface area is 168 Å². The quantitative estimate of drug-likeness (QED) is 0.608. The van der Waals surface area contributed by atoms with Gasteiger partial charge < -0.3 is 20.1 Å². The molecule has 3 aromatic rings. The van der Waals surface area contributed by atoms with Crippen molar-refractivity contribution in [1.82, 2.24) is 4.98 Å². The first-order valence-electron chi connectivity index (χ1n) is 8.58. The number of aromatic nitrogens is 1. The maximum Gasteiger partial charge on any atom is 0.259 e. The minimum absolute atomic E-state index is 0.323. The van der Waals surface area contributed by atoms with E-state index in [1.165, 1.54) is 7.11 Å². The highest BCUT2D eigenvalue weighted by molar-refractivity contribution is 6.31. The van der Waals surface area contributed by atoms with Gasteiger partial charge in [-0.1, -0.05) is 29.8 Å². The van der Waals surface area contributed by atoms with E-state index in [0.717, 1.165) is 11.3 Å². The fourth-order valence-electron chi connectivity index (χ4n) is 2.72. The van der Waals surface area contributed by atoms with Crippen LogP contribution < -0.4 is 20.1 Å². The Kier molecular flexibility index (Phi) is 6.34. The third kappa shape index (κ3) is 4.53. The molecule has 0 aliphatic rings. The molecule has 0 saturated heterocycles. The van der Waals surface area contributed by atoms with E-state index in [4.69, 9.17) is 21.1 Å². The van der Waals surface area contributed by atoms with Crippen molar-refractivity contribution in [3.05, 3.63) is 76.9 Å². The first-order valence-corrected chi connectivity index (χ1v) is 8.96. The van der Waals surface area contributed by atoms with Gasteiger partial charge in [0.15, 0.2) is 0 Å². The smallest absolute Gasteiger partial charge is 0.259 e. The van der Waals surface area contributed by atoms with E-state index in [9.17, 15) is 4.79 Å². The second-order valence-electron chi connectivity index (χ2n) is 5.86. The Morgan fingerprint density at radius 1 is 1.04 bits per heavy atom. The van der Waals surface area contributed by atoms with Gasteiger partial charge >= 0.3 is 0 Å². The predicted molar refractivity (Wildman–Crippen MR) is 111 cm³/mol. The molecule has 144 valence electrons. The first kappa shape index (κ1) is 19.5. The van der Waals surface area contributed by atoms with Gasteiger partial charge in [0.05, 0.1) is 25.5 Å². The minimum atomic E-state index is -0.323. The zero-order valence-corrected chi connectivity index (χ0v) is 16.3. The van der Waals surface area contributed by atoms with Crippen LogP contribution in [0, 0.1) is 0 Å². The van der Waals surface area contributed by atoms with Crippen LogP contribution in [-0.2, 0) is 6.54 Å². The van der Waals surface area contributed by atoms with Gasteiger partial charge in [0.25, 0.3) is 5.91 Å². The van der Waals surface area contributed by atoms with Gasteiger partial charge in [-0.2, -0.15) is 0 Å². The van der Waals surface area contributed by atoms with Gasteiger partial charge in [-0.05, 0) is 36.4 Å². The molecular formula is C21H20ClN3O3. The van der Waals surface area contributed by atoms with Crippen LogP contribution in [0.2, 0.25) is 5.02 Å². The average molecular weight is 398 g/mol. The molecule has 0 bridgehead atoms. The molecule has 2 N–H and O–H groups in total. The van der Waals surface area contributed by atoms with Crippen LogP contribution in [0.25, 0.3) is 0 Å². The normalized spacial score (nSPS) is 10.2. The van der Waals surface area contributed by atoms with Crippen LogP contribution in [0.5, 0.6) is 11.5 Å². The third-order valence-corrected chi connectivity index (χ3v) is 4.34. The highest BCUT2D eigenvalue weighted by Crippen LogP contribution is 2.28. The average Bonchev–Trinajstić information content (AvgIpc) is 2.72. The van der Waals surface area contributed by atoms with Crippen LogP contribution in [-0.4, -0.2) is 25.1 Å². The number of pyridine rings is 1. The summed E-state index contributed by atoms with van der Waals surface area (Å²) in [5.41, 5.74) is 1.84. The lowest BCUT2D eigenvalue weighted by molar-refractivity contribution is 0.102. The summed E-state index contributed by atoms with van der Waals surface area (Å²) in [4.78, 5) is 17.1. The highest BCUT2D eigenvalue weighted by Gasteiger charge is 2.15. The molecule has 0 unspecified atom stereocenters. The number of hydrogen-bond acceptors (Lipinski definition) is 5. The zero-order chi connectivity index (χ0) is 19.9. The van der Waals surface area contributed by atoms with Crippen molar-refractivity contribution in [1.29, 1.82) is 0 Å². The number of rotatable bonds is 7. The van der Waals surface area contributed by atoms with Crippen molar-refractivity contribution in [2.24, 2.45) is 0 Å². The number of benzene rings is 2. The number of carbonyl (C=O) groups excluding carboxylic acids is 1. The molecule has 2 aromatic carbocycles. The molecule has 1 amide bonds. The van der Waals surface area contributed by atoms with E-state index in [2.05, 4.69) is 15.6 Å². The van der Waals surface area contributed by atoms with Gasteiger partial charge in [0.1, 0.15) is 17.3 Å². The molecule has 0 saturated carbocycles. The van der Waals surface area contributed by atoms with Crippen molar-refractivity contribution in [3.8, 4) is 11.5 Å². The number of methoxy groups -OCH3 is 2. The SMILES string of the molecule is COc1ccccc1CNc1ncccc1C(=O)Nc1cc(Cl)ccc1OC. The summed E-state index contributed by atoms with van der Waals surface area (Å²) in [5, 5.41) is 6.53. The number of nitrogens with one attached hydrogen (secondary N) is 2. The molecule has 0 aliphatic carbocycles. The molecule has 1 heterocycles. The molecule has 3 rings (SSSR count). The summed E-state index contributed by atoms with van der Waals surface area (Å²) >= 11 is 6.04. The lowest BCUT2D eigenvalue weighted by Crippen LogP contribution is -2.16. The van der Waals surface area contributed by atoms with E-state index in [1.807, 2.05) is 24.3 Å². The first-order chi connectivity index (χ1) is 13.6. The molecule has 0 radical (unpaired) electrons. The maximum atomic E-state index is 12.8. The zero-order valence-electron chi connectivity index (χ0n) is 15.5. The number of carbonyl (C=O) groups is 1. The van der Waals surface area contributed by atoms with E-state index >= 15 is 0 Å². The second-order valence-corrected chi connectivity index (χ2v) is 6.30. The Morgan fingerprint density at radius 2 is 1.82 bits per heavy atom. The Balaban J connectivity index is 1.80. The van der Waals surface area contributed by atoms with Crippen molar-refractivity contribution < 1.29 is 14.3 Å². The Bertz CT molecular complexity index is 979. The Morgan fingerprint density at radius 3 is 2.61 bits per heavy atom. The lowest BCUT2D eigenvalue weighted by atomic mass is 10.2. The lowest BCUT2D eigenvalue weighted by Gasteiger charge is -2.14. The summed E-state index contributed by atoms with van der Waals surface area (Å²) in [5.74, 6) is 1.42. The number of halogens is 1. The number of para-hydroxylation sites is 1. The maximum absolute atomic E-state index is 12.8. The van der Waals surface area contributed by atoms with Crippen LogP contribution in [0.3, 0.4) is 0 Å². The van der Waals surface area contributed by atoms with E-state index in [-0.39, 0.29) is 5.91 Å². The highest BCUT2D eigenvalue weighted by atomic mass is 35.5. The van der Waals surface area contributed by atoms with E-state index < -0.39 is 0 Å². The van der Waals surface area contributed by atoms with Gasteiger partial charge in [-0.25, -0.2) is 4.98 Å². The van der Waals surface area contributed by atoms with Crippen LogP contribution in [0.15, 0.2) is 60.8 Å². The second kappa shape index (κ2) is 9.10. The van der Waals surface area contributed by atoms with Gasteiger partial charge in [0, 0.05) is 23.3 Å².